The molecule has 1 atom stereocenters. The first-order chi connectivity index (χ1) is 14.6. The molecule has 1 aliphatic rings. The molecule has 154 valence electrons. The third-order valence-corrected chi connectivity index (χ3v) is 5.50. The Morgan fingerprint density at radius 3 is 2.60 bits per heavy atom. The summed E-state index contributed by atoms with van der Waals surface area (Å²) in [6.45, 7) is 3.50. The maximum atomic E-state index is 13.4. The van der Waals surface area contributed by atoms with Gasteiger partial charge in [0, 0.05) is 36.7 Å². The van der Waals surface area contributed by atoms with Gasteiger partial charge in [0.15, 0.2) is 0 Å². The van der Waals surface area contributed by atoms with Crippen LogP contribution in [0, 0.1) is 11.7 Å². The molecule has 2 heterocycles. The SMILES string of the molecule is CCc1ccc(NC(=O)[C@@H]2CCCN(c3ncc(-c4cccc(F)c4)cn3)C2)cc1. The van der Waals surface area contributed by atoms with Crippen LogP contribution in [0.5, 0.6) is 0 Å². The zero-order valence-electron chi connectivity index (χ0n) is 17.0. The number of aromatic nitrogens is 2. The van der Waals surface area contributed by atoms with E-state index < -0.39 is 0 Å². The summed E-state index contributed by atoms with van der Waals surface area (Å²) in [5, 5.41) is 3.03. The summed E-state index contributed by atoms with van der Waals surface area (Å²) in [7, 11) is 0. The minimum Gasteiger partial charge on any atom is -0.340 e. The third-order valence-electron chi connectivity index (χ3n) is 5.50. The van der Waals surface area contributed by atoms with Crippen LogP contribution in [0.4, 0.5) is 16.0 Å². The van der Waals surface area contributed by atoms with Crippen molar-refractivity contribution in [3.05, 3.63) is 72.3 Å². The van der Waals surface area contributed by atoms with Gasteiger partial charge in [-0.05, 0) is 54.7 Å². The standard InChI is InChI=1S/C24H25FN4O/c1-2-17-8-10-22(11-9-17)28-23(30)19-6-4-12-29(16-19)24-26-14-20(15-27-24)18-5-3-7-21(25)13-18/h3,5,7-11,13-15,19H,2,4,6,12,16H2,1H3,(H,28,30)/t19-/m1/s1. The lowest BCUT2D eigenvalue weighted by atomic mass is 9.97. The maximum Gasteiger partial charge on any atom is 0.229 e. The number of aryl methyl sites for hydroxylation is 1. The molecular formula is C24H25FN4O. The lowest BCUT2D eigenvalue weighted by Crippen LogP contribution is -2.41. The zero-order valence-corrected chi connectivity index (χ0v) is 17.0. The third kappa shape index (κ3) is 4.64. The number of rotatable bonds is 5. The van der Waals surface area contributed by atoms with Crippen molar-refractivity contribution in [2.75, 3.05) is 23.3 Å². The van der Waals surface area contributed by atoms with Crippen LogP contribution in [-0.4, -0.2) is 29.0 Å². The smallest absolute Gasteiger partial charge is 0.229 e. The Morgan fingerprint density at radius 2 is 1.90 bits per heavy atom. The van der Waals surface area contributed by atoms with E-state index in [0.717, 1.165) is 42.6 Å². The molecule has 1 saturated heterocycles. The summed E-state index contributed by atoms with van der Waals surface area (Å²) in [5.74, 6) is 0.224. The Kier molecular flexibility index (Phi) is 6.02. The van der Waals surface area contributed by atoms with E-state index in [2.05, 4.69) is 22.2 Å². The molecule has 3 aromatic rings. The normalized spacial score (nSPS) is 16.3. The first-order valence-corrected chi connectivity index (χ1v) is 10.3. The van der Waals surface area contributed by atoms with Gasteiger partial charge in [-0.25, -0.2) is 14.4 Å². The van der Waals surface area contributed by atoms with E-state index in [1.807, 2.05) is 35.2 Å². The Balaban J connectivity index is 1.41. The van der Waals surface area contributed by atoms with Gasteiger partial charge in [-0.1, -0.05) is 31.2 Å². The summed E-state index contributed by atoms with van der Waals surface area (Å²) >= 11 is 0. The molecule has 5 nitrogen and oxygen atoms in total. The van der Waals surface area contributed by atoms with Crippen LogP contribution in [0.3, 0.4) is 0 Å². The van der Waals surface area contributed by atoms with Crippen molar-refractivity contribution < 1.29 is 9.18 Å². The van der Waals surface area contributed by atoms with Gasteiger partial charge in [-0.3, -0.25) is 4.79 Å². The average molecular weight is 404 g/mol. The molecule has 6 heteroatoms. The highest BCUT2D eigenvalue weighted by molar-refractivity contribution is 5.93. The highest BCUT2D eigenvalue weighted by atomic mass is 19.1. The molecule has 1 amide bonds. The Hall–Kier alpha value is -3.28. The van der Waals surface area contributed by atoms with Gasteiger partial charge in [0.25, 0.3) is 0 Å². The van der Waals surface area contributed by atoms with Gasteiger partial charge in [-0.15, -0.1) is 0 Å². The van der Waals surface area contributed by atoms with Gasteiger partial charge in [0.2, 0.25) is 11.9 Å². The van der Waals surface area contributed by atoms with Crippen molar-refractivity contribution in [1.29, 1.82) is 0 Å². The molecule has 1 aromatic heterocycles. The topological polar surface area (TPSA) is 58.1 Å². The van der Waals surface area contributed by atoms with Crippen LogP contribution >= 0.6 is 0 Å². The van der Waals surface area contributed by atoms with Gasteiger partial charge in [-0.2, -0.15) is 0 Å². The number of hydrogen-bond donors (Lipinski definition) is 1. The van der Waals surface area contributed by atoms with Crippen molar-refractivity contribution in [1.82, 2.24) is 9.97 Å². The highest BCUT2D eigenvalue weighted by Crippen LogP contribution is 2.24. The van der Waals surface area contributed by atoms with Crippen LogP contribution < -0.4 is 10.2 Å². The van der Waals surface area contributed by atoms with E-state index >= 15 is 0 Å². The zero-order chi connectivity index (χ0) is 20.9. The molecule has 0 radical (unpaired) electrons. The molecule has 0 aliphatic carbocycles. The van der Waals surface area contributed by atoms with E-state index in [1.54, 1.807) is 18.5 Å². The van der Waals surface area contributed by atoms with E-state index in [9.17, 15) is 9.18 Å². The summed E-state index contributed by atoms with van der Waals surface area (Å²) < 4.78 is 13.4. The van der Waals surface area contributed by atoms with Crippen LogP contribution in [0.15, 0.2) is 60.9 Å². The Labute approximate surface area is 176 Å². The van der Waals surface area contributed by atoms with E-state index in [1.165, 1.54) is 17.7 Å². The molecule has 30 heavy (non-hydrogen) atoms. The molecule has 0 saturated carbocycles. The van der Waals surface area contributed by atoms with Crippen molar-refractivity contribution in [3.8, 4) is 11.1 Å². The van der Waals surface area contributed by atoms with Gasteiger partial charge < -0.3 is 10.2 Å². The predicted octanol–water partition coefficient (Wildman–Crippen LogP) is 4.70. The summed E-state index contributed by atoms with van der Waals surface area (Å²) in [6, 6.07) is 14.4. The van der Waals surface area contributed by atoms with E-state index in [0.29, 0.717) is 12.5 Å². The molecule has 0 unspecified atom stereocenters. The quantitative estimate of drug-likeness (QED) is 0.670. The fraction of sp³-hybridized carbons (Fsp3) is 0.292. The number of halogens is 1. The minimum atomic E-state index is -0.286. The fourth-order valence-corrected chi connectivity index (χ4v) is 3.74. The van der Waals surface area contributed by atoms with Gasteiger partial charge in [0.1, 0.15) is 5.82 Å². The van der Waals surface area contributed by atoms with Crippen LogP contribution in [0.1, 0.15) is 25.3 Å². The number of amides is 1. The fourth-order valence-electron chi connectivity index (χ4n) is 3.74. The number of nitrogens with one attached hydrogen (secondary N) is 1. The molecule has 1 aliphatic heterocycles. The number of carbonyl (C=O) groups is 1. The average Bonchev–Trinajstić information content (AvgIpc) is 2.80. The second-order valence-corrected chi connectivity index (χ2v) is 7.61. The first-order valence-electron chi connectivity index (χ1n) is 10.3. The number of piperidine rings is 1. The number of nitrogens with zero attached hydrogens (tertiary/aromatic N) is 3. The largest absolute Gasteiger partial charge is 0.340 e. The van der Waals surface area contributed by atoms with Crippen LogP contribution in [0.2, 0.25) is 0 Å². The van der Waals surface area contributed by atoms with Crippen molar-refractivity contribution in [2.45, 2.75) is 26.2 Å². The molecule has 1 N–H and O–H groups in total. The Morgan fingerprint density at radius 1 is 1.13 bits per heavy atom. The van der Waals surface area contributed by atoms with Crippen molar-refractivity contribution >= 4 is 17.5 Å². The second-order valence-electron chi connectivity index (χ2n) is 7.61. The number of carbonyl (C=O) groups excluding carboxylic acids is 1. The molecule has 0 bridgehead atoms. The number of benzene rings is 2. The highest BCUT2D eigenvalue weighted by Gasteiger charge is 2.27. The molecular weight excluding hydrogens is 379 g/mol. The van der Waals surface area contributed by atoms with Crippen LogP contribution in [-0.2, 0) is 11.2 Å². The Bertz CT molecular complexity index is 1000. The predicted molar refractivity (Wildman–Crippen MR) is 117 cm³/mol. The summed E-state index contributed by atoms with van der Waals surface area (Å²) in [6.07, 6.45) is 6.13. The van der Waals surface area contributed by atoms with E-state index in [4.69, 9.17) is 0 Å². The first kappa shape index (κ1) is 20.0. The summed E-state index contributed by atoms with van der Waals surface area (Å²) in [5.41, 5.74) is 3.58. The van der Waals surface area contributed by atoms with Gasteiger partial charge >= 0.3 is 0 Å². The molecule has 4 rings (SSSR count). The summed E-state index contributed by atoms with van der Waals surface area (Å²) in [4.78, 5) is 23.7. The second kappa shape index (κ2) is 9.03. The minimum absolute atomic E-state index is 0.0281. The molecule has 0 spiro atoms. The van der Waals surface area contributed by atoms with Gasteiger partial charge in [0.05, 0.1) is 5.92 Å². The lowest BCUT2D eigenvalue weighted by molar-refractivity contribution is -0.120. The van der Waals surface area contributed by atoms with Crippen molar-refractivity contribution in [3.63, 3.8) is 0 Å². The lowest BCUT2D eigenvalue weighted by Gasteiger charge is -2.32. The van der Waals surface area contributed by atoms with E-state index in [-0.39, 0.29) is 17.6 Å². The molecule has 1 fully saturated rings. The van der Waals surface area contributed by atoms with Crippen LogP contribution in [0.25, 0.3) is 11.1 Å². The number of anilines is 2. The van der Waals surface area contributed by atoms with Crippen molar-refractivity contribution in [2.24, 2.45) is 5.92 Å². The maximum absolute atomic E-state index is 13.4. The monoisotopic (exact) mass is 404 g/mol. The number of hydrogen-bond acceptors (Lipinski definition) is 4. The molecule has 2 aromatic carbocycles.